The van der Waals surface area contributed by atoms with Crippen molar-refractivity contribution in [2.45, 2.75) is 13.1 Å². The molecule has 0 aliphatic carbocycles. The van der Waals surface area contributed by atoms with E-state index in [4.69, 9.17) is 5.73 Å². The fraction of sp³-hybridized carbons (Fsp3) is 0.200. The van der Waals surface area contributed by atoms with Crippen molar-refractivity contribution in [2.24, 2.45) is 5.73 Å². The third kappa shape index (κ3) is 2.48. The van der Waals surface area contributed by atoms with Crippen LogP contribution in [0.3, 0.4) is 0 Å². The Bertz CT molecular complexity index is 690. The second-order valence-corrected chi connectivity index (χ2v) is 4.58. The summed E-state index contributed by atoms with van der Waals surface area (Å²) in [5, 5.41) is 3.36. The van der Waals surface area contributed by atoms with E-state index in [0.717, 1.165) is 29.1 Å². The minimum atomic E-state index is 0.585. The van der Waals surface area contributed by atoms with Crippen molar-refractivity contribution in [2.75, 3.05) is 11.9 Å². The predicted molar refractivity (Wildman–Crippen MR) is 80.4 cm³/mol. The molecule has 0 radical (unpaired) electrons. The standard InChI is InChI=1S/C15H17N5/c16-7-9-20-14-6-2-1-5-13(14)19-15(20)18-11-12-4-3-8-17-10-12/h1-6,8,10H,7,9,11,16H2,(H,18,19). The number of fused-ring (bicyclic) bond motifs is 1. The van der Waals surface area contributed by atoms with Gasteiger partial charge in [0.1, 0.15) is 0 Å². The number of hydrogen-bond acceptors (Lipinski definition) is 4. The maximum Gasteiger partial charge on any atom is 0.204 e. The summed E-state index contributed by atoms with van der Waals surface area (Å²) in [5.41, 5.74) is 8.91. The van der Waals surface area contributed by atoms with Gasteiger partial charge in [-0.1, -0.05) is 18.2 Å². The highest BCUT2D eigenvalue weighted by molar-refractivity contribution is 5.78. The number of nitrogens with zero attached hydrogens (tertiary/aromatic N) is 3. The number of nitrogens with one attached hydrogen (secondary N) is 1. The van der Waals surface area contributed by atoms with E-state index in [9.17, 15) is 0 Å². The van der Waals surface area contributed by atoms with E-state index in [-0.39, 0.29) is 0 Å². The van der Waals surface area contributed by atoms with Gasteiger partial charge >= 0.3 is 0 Å². The third-order valence-corrected chi connectivity index (χ3v) is 3.18. The summed E-state index contributed by atoms with van der Waals surface area (Å²) in [6, 6.07) is 12.1. The average molecular weight is 267 g/mol. The van der Waals surface area contributed by atoms with Crippen LogP contribution in [-0.2, 0) is 13.1 Å². The van der Waals surface area contributed by atoms with E-state index < -0.39 is 0 Å². The molecule has 0 amide bonds. The van der Waals surface area contributed by atoms with Crippen LogP contribution in [0, 0.1) is 0 Å². The van der Waals surface area contributed by atoms with E-state index >= 15 is 0 Å². The van der Waals surface area contributed by atoms with E-state index in [2.05, 4.69) is 25.9 Å². The molecule has 0 fully saturated rings. The van der Waals surface area contributed by atoms with Crippen molar-refractivity contribution in [3.63, 3.8) is 0 Å². The Morgan fingerprint density at radius 3 is 2.85 bits per heavy atom. The van der Waals surface area contributed by atoms with E-state index in [0.29, 0.717) is 13.1 Å². The quantitative estimate of drug-likeness (QED) is 0.742. The summed E-state index contributed by atoms with van der Waals surface area (Å²) in [5.74, 6) is 0.848. The maximum absolute atomic E-state index is 5.70. The number of anilines is 1. The Hall–Kier alpha value is -2.40. The van der Waals surface area contributed by atoms with Crippen LogP contribution in [0.5, 0.6) is 0 Å². The van der Waals surface area contributed by atoms with Crippen molar-refractivity contribution in [3.05, 3.63) is 54.4 Å². The van der Waals surface area contributed by atoms with Gasteiger partial charge in [0.2, 0.25) is 5.95 Å². The number of benzene rings is 1. The summed E-state index contributed by atoms with van der Waals surface area (Å²) in [6.07, 6.45) is 3.62. The molecule has 2 aromatic heterocycles. The zero-order valence-corrected chi connectivity index (χ0v) is 11.2. The zero-order valence-electron chi connectivity index (χ0n) is 11.2. The molecule has 0 atom stereocenters. The molecule has 0 saturated carbocycles. The summed E-state index contributed by atoms with van der Waals surface area (Å²) in [6.45, 7) is 2.03. The van der Waals surface area contributed by atoms with Crippen LogP contribution < -0.4 is 11.1 Å². The zero-order chi connectivity index (χ0) is 13.8. The van der Waals surface area contributed by atoms with Crippen molar-refractivity contribution >= 4 is 17.0 Å². The van der Waals surface area contributed by atoms with Crippen LogP contribution in [-0.4, -0.2) is 21.1 Å². The molecule has 2 heterocycles. The number of imidazole rings is 1. The largest absolute Gasteiger partial charge is 0.351 e. The van der Waals surface area contributed by atoms with Gasteiger partial charge in [-0.2, -0.15) is 0 Å². The second kappa shape index (κ2) is 5.71. The van der Waals surface area contributed by atoms with Gasteiger partial charge in [0.15, 0.2) is 0 Å². The SMILES string of the molecule is NCCn1c(NCc2cccnc2)nc2ccccc21. The summed E-state index contributed by atoms with van der Waals surface area (Å²) >= 11 is 0. The van der Waals surface area contributed by atoms with Crippen LogP contribution in [0.15, 0.2) is 48.8 Å². The van der Waals surface area contributed by atoms with Gasteiger partial charge in [0.05, 0.1) is 11.0 Å². The summed E-state index contributed by atoms with van der Waals surface area (Å²) in [4.78, 5) is 8.73. The monoisotopic (exact) mass is 267 g/mol. The second-order valence-electron chi connectivity index (χ2n) is 4.58. The molecule has 0 saturated heterocycles. The normalized spacial score (nSPS) is 10.8. The van der Waals surface area contributed by atoms with E-state index in [1.54, 1.807) is 6.20 Å². The maximum atomic E-state index is 5.70. The van der Waals surface area contributed by atoms with E-state index in [1.807, 2.05) is 36.5 Å². The van der Waals surface area contributed by atoms with Crippen molar-refractivity contribution in [3.8, 4) is 0 Å². The molecule has 5 nitrogen and oxygen atoms in total. The molecule has 20 heavy (non-hydrogen) atoms. The minimum Gasteiger partial charge on any atom is -0.351 e. The molecule has 3 N–H and O–H groups in total. The number of hydrogen-bond donors (Lipinski definition) is 2. The first-order valence-electron chi connectivity index (χ1n) is 6.66. The van der Waals surface area contributed by atoms with Crippen molar-refractivity contribution in [1.82, 2.24) is 14.5 Å². The van der Waals surface area contributed by atoms with Crippen molar-refractivity contribution < 1.29 is 0 Å². The molecule has 0 spiro atoms. The highest BCUT2D eigenvalue weighted by Gasteiger charge is 2.09. The van der Waals surface area contributed by atoms with Gasteiger partial charge in [0, 0.05) is 32.0 Å². The molecular formula is C15H17N5. The van der Waals surface area contributed by atoms with Gasteiger partial charge in [-0.3, -0.25) is 4.98 Å². The molecule has 102 valence electrons. The fourth-order valence-electron chi connectivity index (χ4n) is 2.25. The molecule has 3 aromatic rings. The van der Waals surface area contributed by atoms with Crippen LogP contribution in [0.25, 0.3) is 11.0 Å². The lowest BCUT2D eigenvalue weighted by Crippen LogP contribution is -2.13. The number of para-hydroxylation sites is 2. The minimum absolute atomic E-state index is 0.585. The summed E-state index contributed by atoms with van der Waals surface area (Å²) in [7, 11) is 0. The van der Waals surface area contributed by atoms with E-state index in [1.165, 1.54) is 0 Å². The lowest BCUT2D eigenvalue weighted by atomic mass is 10.3. The van der Waals surface area contributed by atoms with Crippen molar-refractivity contribution in [1.29, 1.82) is 0 Å². The smallest absolute Gasteiger partial charge is 0.204 e. The Kier molecular flexibility index (Phi) is 3.60. The Morgan fingerprint density at radius 1 is 1.15 bits per heavy atom. The van der Waals surface area contributed by atoms with Gasteiger partial charge in [-0.05, 0) is 23.8 Å². The van der Waals surface area contributed by atoms with Gasteiger partial charge in [-0.25, -0.2) is 4.98 Å². The summed E-state index contributed by atoms with van der Waals surface area (Å²) < 4.78 is 2.12. The molecule has 1 aromatic carbocycles. The first-order valence-corrected chi connectivity index (χ1v) is 6.66. The topological polar surface area (TPSA) is 68.8 Å². The fourth-order valence-corrected chi connectivity index (χ4v) is 2.25. The van der Waals surface area contributed by atoms with Crippen LogP contribution in [0.1, 0.15) is 5.56 Å². The molecule has 0 aliphatic heterocycles. The van der Waals surface area contributed by atoms with Gasteiger partial charge < -0.3 is 15.6 Å². The highest BCUT2D eigenvalue weighted by Crippen LogP contribution is 2.19. The van der Waals surface area contributed by atoms with Gasteiger partial charge in [0.25, 0.3) is 0 Å². The molecule has 0 aliphatic rings. The molecular weight excluding hydrogens is 250 g/mol. The van der Waals surface area contributed by atoms with Crippen LogP contribution >= 0.6 is 0 Å². The number of nitrogens with two attached hydrogens (primary N) is 1. The Morgan fingerprint density at radius 2 is 2.05 bits per heavy atom. The van der Waals surface area contributed by atoms with Crippen LogP contribution in [0.2, 0.25) is 0 Å². The third-order valence-electron chi connectivity index (χ3n) is 3.18. The first-order chi connectivity index (χ1) is 9.88. The lowest BCUT2D eigenvalue weighted by Gasteiger charge is -2.09. The first kappa shape index (κ1) is 12.6. The Labute approximate surface area is 117 Å². The highest BCUT2D eigenvalue weighted by atomic mass is 15.2. The molecule has 0 unspecified atom stereocenters. The average Bonchev–Trinajstić information content (AvgIpc) is 2.85. The number of rotatable bonds is 5. The number of pyridine rings is 1. The predicted octanol–water partition coefficient (Wildman–Crippen LogP) is 2.00. The Balaban J connectivity index is 1.88. The lowest BCUT2D eigenvalue weighted by molar-refractivity contribution is 0.730. The van der Waals surface area contributed by atoms with Crippen LogP contribution in [0.4, 0.5) is 5.95 Å². The molecule has 5 heteroatoms. The molecule has 3 rings (SSSR count). The molecule has 0 bridgehead atoms. The van der Waals surface area contributed by atoms with Gasteiger partial charge in [-0.15, -0.1) is 0 Å². The number of aromatic nitrogens is 3.